The van der Waals surface area contributed by atoms with Gasteiger partial charge in [0.25, 0.3) is 5.91 Å². The molecule has 98 valence electrons. The van der Waals surface area contributed by atoms with Crippen molar-refractivity contribution in [2.75, 3.05) is 26.3 Å². The van der Waals surface area contributed by atoms with Gasteiger partial charge in [0.15, 0.2) is 0 Å². The number of benzene rings is 1. The van der Waals surface area contributed by atoms with Gasteiger partial charge in [-0.15, -0.1) is 0 Å². The van der Waals surface area contributed by atoms with E-state index in [9.17, 15) is 9.90 Å². The number of phenolic OH excluding ortho intramolecular Hbond substituents is 1. The van der Waals surface area contributed by atoms with Crippen LogP contribution in [0, 0.1) is 6.92 Å². The maximum absolute atomic E-state index is 11.9. The Bertz CT molecular complexity index is 428. The minimum absolute atomic E-state index is 0.00551. The predicted molar refractivity (Wildman–Crippen MR) is 67.8 cm³/mol. The van der Waals surface area contributed by atoms with E-state index in [1.54, 1.807) is 12.1 Å². The van der Waals surface area contributed by atoms with Gasteiger partial charge in [0.2, 0.25) is 0 Å². The number of carbonyl (C=O) groups is 1. The second-order valence-electron chi connectivity index (χ2n) is 4.46. The van der Waals surface area contributed by atoms with Gasteiger partial charge in [0.05, 0.1) is 18.8 Å². The number of carbonyl (C=O) groups excluding carboxylic acids is 1. The lowest BCUT2D eigenvalue weighted by Crippen LogP contribution is -2.48. The molecule has 0 radical (unpaired) electrons. The lowest BCUT2D eigenvalue weighted by molar-refractivity contribution is 0.0734. The van der Waals surface area contributed by atoms with Crippen LogP contribution in [0.4, 0.5) is 0 Å². The lowest BCUT2D eigenvalue weighted by atomic mass is 10.1. The fraction of sp³-hybridized carbons (Fsp3) is 0.462. The van der Waals surface area contributed by atoms with Crippen LogP contribution >= 0.6 is 0 Å². The topological polar surface area (TPSA) is 70.6 Å². The third-order valence-corrected chi connectivity index (χ3v) is 2.90. The predicted octanol–water partition coefficient (Wildman–Crippen LogP) is 0.419. The van der Waals surface area contributed by atoms with Crippen LogP contribution in [0.25, 0.3) is 0 Å². The van der Waals surface area contributed by atoms with Crippen LogP contribution in [0.5, 0.6) is 5.75 Å². The molecule has 0 aliphatic carbocycles. The van der Waals surface area contributed by atoms with Gasteiger partial charge in [-0.05, 0) is 19.1 Å². The second kappa shape index (κ2) is 5.84. The highest BCUT2D eigenvalue weighted by Gasteiger charge is 2.16. The number of hydrogen-bond acceptors (Lipinski definition) is 4. The van der Waals surface area contributed by atoms with Crippen molar-refractivity contribution in [1.29, 1.82) is 0 Å². The summed E-state index contributed by atoms with van der Waals surface area (Å²) in [5.74, 6) is -0.255. The van der Waals surface area contributed by atoms with Crippen molar-refractivity contribution >= 4 is 5.91 Å². The van der Waals surface area contributed by atoms with E-state index in [2.05, 4.69) is 10.6 Å². The number of amides is 1. The van der Waals surface area contributed by atoms with Gasteiger partial charge < -0.3 is 20.5 Å². The molecule has 1 aromatic carbocycles. The molecule has 1 saturated heterocycles. The summed E-state index contributed by atoms with van der Waals surface area (Å²) >= 11 is 0. The molecule has 2 rings (SSSR count). The lowest BCUT2D eigenvalue weighted by Gasteiger charge is -2.24. The van der Waals surface area contributed by atoms with Crippen molar-refractivity contribution in [3.8, 4) is 5.75 Å². The number of hydrogen-bond donors (Lipinski definition) is 3. The minimum Gasteiger partial charge on any atom is -0.507 e. The molecule has 1 atom stereocenters. The molecule has 5 heteroatoms. The van der Waals surface area contributed by atoms with Crippen LogP contribution in [0.1, 0.15) is 15.9 Å². The molecule has 1 aliphatic heterocycles. The Morgan fingerprint density at radius 3 is 3.17 bits per heavy atom. The number of nitrogens with one attached hydrogen (secondary N) is 2. The third kappa shape index (κ3) is 3.21. The molecule has 5 nitrogen and oxygen atoms in total. The van der Waals surface area contributed by atoms with Gasteiger partial charge in [-0.1, -0.05) is 11.6 Å². The number of phenols is 1. The zero-order chi connectivity index (χ0) is 13.0. The molecule has 1 amide bonds. The van der Waals surface area contributed by atoms with Gasteiger partial charge >= 0.3 is 0 Å². The average molecular weight is 250 g/mol. The first-order valence-corrected chi connectivity index (χ1v) is 6.06. The first kappa shape index (κ1) is 12.9. The van der Waals surface area contributed by atoms with Gasteiger partial charge in [-0.3, -0.25) is 4.79 Å². The maximum atomic E-state index is 11.9. The highest BCUT2D eigenvalue weighted by atomic mass is 16.5. The van der Waals surface area contributed by atoms with Crippen LogP contribution in [0.15, 0.2) is 18.2 Å². The zero-order valence-corrected chi connectivity index (χ0v) is 10.4. The molecular weight excluding hydrogens is 232 g/mol. The van der Waals surface area contributed by atoms with E-state index in [0.717, 1.165) is 12.1 Å². The fourth-order valence-corrected chi connectivity index (χ4v) is 1.89. The highest BCUT2D eigenvalue weighted by Crippen LogP contribution is 2.17. The Kier molecular flexibility index (Phi) is 4.17. The van der Waals surface area contributed by atoms with Gasteiger partial charge in [-0.2, -0.15) is 0 Å². The number of aryl methyl sites for hydroxylation is 1. The Morgan fingerprint density at radius 1 is 1.61 bits per heavy atom. The van der Waals surface area contributed by atoms with E-state index < -0.39 is 0 Å². The van der Waals surface area contributed by atoms with E-state index >= 15 is 0 Å². The molecule has 1 aromatic rings. The van der Waals surface area contributed by atoms with Crippen molar-refractivity contribution < 1.29 is 14.6 Å². The van der Waals surface area contributed by atoms with E-state index in [1.165, 1.54) is 6.07 Å². The summed E-state index contributed by atoms with van der Waals surface area (Å²) in [7, 11) is 0. The monoisotopic (exact) mass is 250 g/mol. The standard InChI is InChI=1S/C13H18N2O3/c1-9-2-3-12(16)11(6-9)13(17)15-7-10-8-18-5-4-14-10/h2-3,6,10,14,16H,4-5,7-8H2,1H3,(H,15,17). The van der Waals surface area contributed by atoms with E-state index in [1.807, 2.05) is 6.92 Å². The van der Waals surface area contributed by atoms with Crippen LogP contribution in [0.3, 0.4) is 0 Å². The van der Waals surface area contributed by atoms with Crippen LogP contribution < -0.4 is 10.6 Å². The van der Waals surface area contributed by atoms with Gasteiger partial charge in [-0.25, -0.2) is 0 Å². The maximum Gasteiger partial charge on any atom is 0.255 e. The van der Waals surface area contributed by atoms with Crippen LogP contribution in [-0.2, 0) is 4.74 Å². The van der Waals surface area contributed by atoms with Crippen LogP contribution in [0.2, 0.25) is 0 Å². The molecule has 0 bridgehead atoms. The first-order chi connectivity index (χ1) is 8.66. The largest absolute Gasteiger partial charge is 0.507 e. The summed E-state index contributed by atoms with van der Waals surface area (Å²) in [5.41, 5.74) is 1.25. The summed E-state index contributed by atoms with van der Waals surface area (Å²) in [6, 6.07) is 5.11. The molecule has 1 fully saturated rings. The zero-order valence-electron chi connectivity index (χ0n) is 10.4. The van der Waals surface area contributed by atoms with Crippen molar-refractivity contribution in [3.63, 3.8) is 0 Å². The van der Waals surface area contributed by atoms with Crippen LogP contribution in [-0.4, -0.2) is 43.4 Å². The number of rotatable bonds is 3. The number of aromatic hydroxyl groups is 1. The normalized spacial score (nSPS) is 19.5. The van der Waals surface area contributed by atoms with Crippen molar-refractivity contribution in [1.82, 2.24) is 10.6 Å². The van der Waals surface area contributed by atoms with E-state index in [-0.39, 0.29) is 17.7 Å². The summed E-state index contributed by atoms with van der Waals surface area (Å²) in [6.07, 6.45) is 0. The van der Waals surface area contributed by atoms with Gasteiger partial charge in [0, 0.05) is 19.1 Å². The SMILES string of the molecule is Cc1ccc(O)c(C(=O)NCC2COCCN2)c1. The Hall–Kier alpha value is -1.59. The molecule has 0 spiro atoms. The molecule has 1 aliphatic rings. The number of ether oxygens (including phenoxy) is 1. The molecule has 1 heterocycles. The number of morpholine rings is 1. The second-order valence-corrected chi connectivity index (χ2v) is 4.46. The smallest absolute Gasteiger partial charge is 0.255 e. The van der Waals surface area contributed by atoms with E-state index in [0.29, 0.717) is 25.3 Å². The Balaban J connectivity index is 1.92. The third-order valence-electron chi connectivity index (χ3n) is 2.90. The van der Waals surface area contributed by atoms with Crippen molar-refractivity contribution in [2.24, 2.45) is 0 Å². The molecule has 18 heavy (non-hydrogen) atoms. The Labute approximate surface area is 106 Å². The van der Waals surface area contributed by atoms with Crippen molar-refractivity contribution in [3.05, 3.63) is 29.3 Å². The minimum atomic E-state index is -0.261. The summed E-state index contributed by atoms with van der Waals surface area (Å²) in [5, 5.41) is 15.7. The van der Waals surface area contributed by atoms with Crippen molar-refractivity contribution in [2.45, 2.75) is 13.0 Å². The molecule has 1 unspecified atom stereocenters. The Morgan fingerprint density at radius 2 is 2.44 bits per heavy atom. The molecular formula is C13H18N2O3. The summed E-state index contributed by atoms with van der Waals surface area (Å²) in [4.78, 5) is 11.9. The first-order valence-electron chi connectivity index (χ1n) is 6.06. The molecule has 0 aromatic heterocycles. The quantitative estimate of drug-likeness (QED) is 0.727. The molecule has 0 saturated carbocycles. The fourth-order valence-electron chi connectivity index (χ4n) is 1.89. The van der Waals surface area contributed by atoms with Gasteiger partial charge in [0.1, 0.15) is 5.75 Å². The highest BCUT2D eigenvalue weighted by molar-refractivity contribution is 5.97. The summed E-state index contributed by atoms with van der Waals surface area (Å²) < 4.78 is 5.30. The molecule has 3 N–H and O–H groups in total. The average Bonchev–Trinajstić information content (AvgIpc) is 2.40. The summed E-state index contributed by atoms with van der Waals surface area (Å²) in [6.45, 7) is 4.48. The van der Waals surface area contributed by atoms with E-state index in [4.69, 9.17) is 4.74 Å².